The number of anilines is 1. The highest BCUT2D eigenvalue weighted by atomic mass is 19.1. The number of amides is 2. The van der Waals surface area contributed by atoms with Crippen molar-refractivity contribution >= 4 is 17.7 Å². The van der Waals surface area contributed by atoms with Crippen molar-refractivity contribution in [3.05, 3.63) is 70.7 Å². The Balaban J connectivity index is 1.04. The molecule has 2 atom stereocenters. The van der Waals surface area contributed by atoms with E-state index in [0.29, 0.717) is 31.3 Å². The Morgan fingerprint density at radius 3 is 2.42 bits per heavy atom. The smallest absolute Gasteiger partial charge is 0.335 e. The zero-order valence-electron chi connectivity index (χ0n) is 22.1. The molecule has 3 aromatic rings. The summed E-state index contributed by atoms with van der Waals surface area (Å²) >= 11 is 0. The van der Waals surface area contributed by atoms with Gasteiger partial charge in [0, 0.05) is 29.1 Å². The van der Waals surface area contributed by atoms with E-state index in [1.54, 1.807) is 0 Å². The third kappa shape index (κ3) is 4.76. The molecule has 4 fully saturated rings. The van der Waals surface area contributed by atoms with Crippen molar-refractivity contribution < 1.29 is 28.3 Å². The molecule has 8 nitrogen and oxygen atoms in total. The molecule has 1 aromatic heterocycles. The first-order valence-corrected chi connectivity index (χ1v) is 14.3. The number of carboxylic acid groups (broad SMARTS) is 1. The number of fused-ring (bicyclic) bond motifs is 2. The van der Waals surface area contributed by atoms with Crippen LogP contribution in [0.5, 0.6) is 0 Å². The molecule has 2 saturated carbocycles. The van der Waals surface area contributed by atoms with Crippen LogP contribution in [-0.2, 0) is 11.3 Å². The zero-order chi connectivity index (χ0) is 27.4. The van der Waals surface area contributed by atoms with E-state index in [9.17, 15) is 14.0 Å². The van der Waals surface area contributed by atoms with Crippen molar-refractivity contribution in [1.82, 2.24) is 10.1 Å². The molecule has 2 saturated heterocycles. The van der Waals surface area contributed by atoms with Crippen LogP contribution in [0.3, 0.4) is 0 Å². The highest BCUT2D eigenvalue weighted by molar-refractivity contribution is 5.92. The normalized spacial score (nSPS) is 23.8. The molecule has 208 valence electrons. The van der Waals surface area contributed by atoms with Crippen molar-refractivity contribution in [2.24, 2.45) is 0 Å². The predicted molar refractivity (Wildman–Crippen MR) is 145 cm³/mol. The number of aromatic carboxylic acids is 1. The van der Waals surface area contributed by atoms with Gasteiger partial charge in [-0.1, -0.05) is 29.4 Å². The number of rotatable bonds is 8. The van der Waals surface area contributed by atoms with E-state index in [1.807, 2.05) is 4.90 Å². The average molecular weight is 546 g/mol. The molecular weight excluding hydrogens is 513 g/mol. The summed E-state index contributed by atoms with van der Waals surface area (Å²) in [4.78, 5) is 26.1. The second-order valence-electron chi connectivity index (χ2n) is 11.6. The van der Waals surface area contributed by atoms with Gasteiger partial charge in [-0.05, 0) is 81.0 Å². The van der Waals surface area contributed by atoms with Crippen molar-refractivity contribution in [3.63, 3.8) is 0 Å². The van der Waals surface area contributed by atoms with Gasteiger partial charge in [0.05, 0.1) is 24.0 Å². The van der Waals surface area contributed by atoms with Crippen molar-refractivity contribution in [3.8, 4) is 11.3 Å². The lowest BCUT2D eigenvalue weighted by Gasteiger charge is -2.38. The van der Waals surface area contributed by atoms with Crippen LogP contribution in [0.2, 0.25) is 0 Å². The fourth-order valence-electron chi connectivity index (χ4n) is 6.53. The number of benzene rings is 2. The number of carboxylic acids is 1. The number of carbonyl (C=O) groups is 2. The molecule has 4 aliphatic rings. The summed E-state index contributed by atoms with van der Waals surface area (Å²) in [6.45, 7) is 0.432. The van der Waals surface area contributed by atoms with Crippen LogP contribution in [0.4, 0.5) is 14.9 Å². The number of carbonyl (C=O) groups excluding carboxylic acids is 1. The summed E-state index contributed by atoms with van der Waals surface area (Å²) in [5.74, 6) is -0.0127. The molecule has 0 spiro atoms. The first-order valence-electron chi connectivity index (χ1n) is 14.3. The highest BCUT2D eigenvalue weighted by Crippen LogP contribution is 2.48. The van der Waals surface area contributed by atoms with Gasteiger partial charge in [0.25, 0.3) is 0 Å². The van der Waals surface area contributed by atoms with E-state index in [0.717, 1.165) is 54.3 Å². The maximum absolute atomic E-state index is 14.4. The fourth-order valence-corrected chi connectivity index (χ4v) is 6.53. The minimum absolute atomic E-state index is 0.00150. The van der Waals surface area contributed by atoms with E-state index in [2.05, 4.69) is 34.7 Å². The number of halogens is 1. The number of urea groups is 1. The zero-order valence-corrected chi connectivity index (χ0v) is 22.1. The lowest BCUT2D eigenvalue weighted by Crippen LogP contribution is -2.50. The summed E-state index contributed by atoms with van der Waals surface area (Å²) in [6, 6.07) is 11.6. The summed E-state index contributed by atoms with van der Waals surface area (Å²) in [5, 5.41) is 16.3. The number of nitrogens with zero attached hydrogens (tertiary/aromatic N) is 2. The van der Waals surface area contributed by atoms with Crippen molar-refractivity contribution in [1.29, 1.82) is 0 Å². The molecule has 9 heteroatoms. The van der Waals surface area contributed by atoms with Crippen LogP contribution in [-0.4, -0.2) is 45.4 Å². The van der Waals surface area contributed by atoms with Crippen LogP contribution in [0, 0.1) is 5.82 Å². The van der Waals surface area contributed by atoms with Gasteiger partial charge in [-0.3, -0.25) is 0 Å². The van der Waals surface area contributed by atoms with E-state index >= 15 is 0 Å². The molecular formula is C31H32FN3O5. The summed E-state index contributed by atoms with van der Waals surface area (Å²) < 4.78 is 26.9. The summed E-state index contributed by atoms with van der Waals surface area (Å²) in [7, 11) is 0. The van der Waals surface area contributed by atoms with E-state index in [1.165, 1.54) is 30.5 Å². The van der Waals surface area contributed by atoms with Gasteiger partial charge in [-0.15, -0.1) is 0 Å². The lowest BCUT2D eigenvalue weighted by molar-refractivity contribution is -0.0158. The fraction of sp³-hybridized carbons (Fsp3) is 0.452. The Bertz CT molecular complexity index is 1450. The molecule has 40 heavy (non-hydrogen) atoms. The number of nitrogens with one attached hydrogen (secondary N) is 1. The second kappa shape index (κ2) is 10.0. The molecule has 2 amide bonds. The van der Waals surface area contributed by atoms with E-state index in [-0.39, 0.29) is 35.5 Å². The summed E-state index contributed by atoms with van der Waals surface area (Å²) in [6.07, 6.45) is 7.83. The number of ether oxygens (including phenoxy) is 1. The van der Waals surface area contributed by atoms with Gasteiger partial charge in [-0.25, -0.2) is 14.0 Å². The second-order valence-corrected chi connectivity index (χ2v) is 11.6. The minimum atomic E-state index is -1.22. The predicted octanol–water partition coefficient (Wildman–Crippen LogP) is 6.68. The first kappa shape index (κ1) is 25.3. The molecule has 7 rings (SSSR count). The molecule has 0 radical (unpaired) electrons. The molecule has 2 unspecified atom stereocenters. The topological polar surface area (TPSA) is 105 Å². The van der Waals surface area contributed by atoms with Gasteiger partial charge in [0.15, 0.2) is 0 Å². The molecule has 3 heterocycles. The lowest BCUT2D eigenvalue weighted by atomic mass is 9.97. The first-order chi connectivity index (χ1) is 19.5. The van der Waals surface area contributed by atoms with E-state index < -0.39 is 11.8 Å². The van der Waals surface area contributed by atoms with Crippen LogP contribution in [0.25, 0.3) is 11.3 Å². The van der Waals surface area contributed by atoms with Gasteiger partial charge in [-0.2, -0.15) is 0 Å². The highest BCUT2D eigenvalue weighted by Gasteiger charge is 2.44. The Hall–Kier alpha value is -3.72. The number of aromatic nitrogens is 1. The Kier molecular flexibility index (Phi) is 6.34. The Labute approximate surface area is 231 Å². The van der Waals surface area contributed by atoms with Gasteiger partial charge < -0.3 is 24.6 Å². The van der Waals surface area contributed by atoms with Crippen LogP contribution in [0.1, 0.15) is 90.4 Å². The maximum atomic E-state index is 14.4. The van der Waals surface area contributed by atoms with Crippen LogP contribution < -0.4 is 5.32 Å². The number of hydrogen-bond donors (Lipinski definition) is 2. The van der Waals surface area contributed by atoms with E-state index in [4.69, 9.17) is 14.4 Å². The van der Waals surface area contributed by atoms with Gasteiger partial charge >= 0.3 is 12.0 Å². The monoisotopic (exact) mass is 545 g/mol. The molecule has 2 N–H and O–H groups in total. The average Bonchev–Trinajstić information content (AvgIpc) is 3.89. The third-order valence-electron chi connectivity index (χ3n) is 8.85. The quantitative estimate of drug-likeness (QED) is 0.327. The number of hydrogen-bond acceptors (Lipinski definition) is 5. The van der Waals surface area contributed by atoms with Crippen molar-refractivity contribution in [2.75, 3.05) is 5.32 Å². The largest absolute Gasteiger partial charge is 0.478 e. The Morgan fingerprint density at radius 2 is 1.75 bits per heavy atom. The van der Waals surface area contributed by atoms with Crippen LogP contribution >= 0.6 is 0 Å². The molecule has 2 aromatic carbocycles. The van der Waals surface area contributed by atoms with Gasteiger partial charge in [0.2, 0.25) is 0 Å². The van der Waals surface area contributed by atoms with Crippen LogP contribution in [0.15, 0.2) is 47.0 Å². The molecule has 2 bridgehead atoms. The minimum Gasteiger partial charge on any atom is -0.478 e. The molecule has 2 aliphatic heterocycles. The Morgan fingerprint density at radius 1 is 1.02 bits per heavy atom. The summed E-state index contributed by atoms with van der Waals surface area (Å²) in [5.41, 5.74) is 4.26. The molecule has 2 aliphatic carbocycles. The van der Waals surface area contributed by atoms with Crippen molar-refractivity contribution in [2.45, 2.75) is 88.0 Å². The third-order valence-corrected chi connectivity index (χ3v) is 8.85. The standard InChI is InChI=1S/C31H32FN3O5/c32-26-13-19(30(36)37)9-12-27(26)33-31(38)35-20-10-11-21(35)15-22(14-20)39-16-25-28(34-40-29(25)18-7-8-18)24-4-2-1-3-23(24)17-5-6-17/h1-4,9,12-13,17-18,20-22H,5-8,10-11,14-16H2,(H,33,38)(H,36,37). The SMILES string of the molecule is O=C(O)c1ccc(NC(=O)N2C3CCC2CC(OCc2c(-c4ccccc4C4CC4)noc2C2CC2)C3)c(F)c1. The maximum Gasteiger partial charge on any atom is 0.335 e. The van der Waals surface area contributed by atoms with Gasteiger partial charge in [0.1, 0.15) is 17.3 Å². The number of piperidine rings is 1.